The van der Waals surface area contributed by atoms with Crippen molar-refractivity contribution in [3.63, 3.8) is 0 Å². The van der Waals surface area contributed by atoms with Gasteiger partial charge in [0.1, 0.15) is 17.5 Å². The van der Waals surface area contributed by atoms with Crippen LogP contribution in [0.1, 0.15) is 51.4 Å². The predicted molar refractivity (Wildman–Crippen MR) is 92.6 cm³/mol. The molecule has 1 aromatic heterocycles. The minimum absolute atomic E-state index is 0.257. The van der Waals surface area contributed by atoms with Gasteiger partial charge in [0, 0.05) is 12.6 Å². The highest BCUT2D eigenvalue weighted by atomic mass is 16.6. The SMILES string of the molecule is O=C1NCC2(CCC(CNc3ccc(OC4CCCC4)nn3)CC2)O1. The van der Waals surface area contributed by atoms with Gasteiger partial charge in [-0.15, -0.1) is 10.2 Å². The molecule has 136 valence electrons. The Bertz CT molecular complexity index is 593. The van der Waals surface area contributed by atoms with Crippen molar-refractivity contribution in [2.45, 2.75) is 63.1 Å². The minimum atomic E-state index is -0.272. The Morgan fingerprint density at radius 3 is 2.64 bits per heavy atom. The van der Waals surface area contributed by atoms with E-state index in [1.54, 1.807) is 0 Å². The van der Waals surface area contributed by atoms with Crippen molar-refractivity contribution >= 4 is 11.9 Å². The number of ether oxygens (including phenoxy) is 2. The van der Waals surface area contributed by atoms with Crippen LogP contribution in [0.5, 0.6) is 5.88 Å². The molecule has 0 radical (unpaired) electrons. The fraction of sp³-hybridized carbons (Fsp3) is 0.722. The molecule has 0 atom stereocenters. The Morgan fingerprint density at radius 2 is 2.00 bits per heavy atom. The number of carbonyl (C=O) groups is 1. The van der Waals surface area contributed by atoms with Gasteiger partial charge in [-0.25, -0.2) is 4.79 Å². The molecule has 1 aliphatic heterocycles. The molecule has 0 bridgehead atoms. The van der Waals surface area contributed by atoms with Crippen LogP contribution in [-0.2, 0) is 4.74 Å². The minimum Gasteiger partial charge on any atom is -0.473 e. The van der Waals surface area contributed by atoms with Crippen molar-refractivity contribution in [1.82, 2.24) is 15.5 Å². The van der Waals surface area contributed by atoms with Crippen LogP contribution in [0.3, 0.4) is 0 Å². The predicted octanol–water partition coefficient (Wildman–Crippen LogP) is 2.88. The maximum absolute atomic E-state index is 11.3. The van der Waals surface area contributed by atoms with Crippen LogP contribution >= 0.6 is 0 Å². The molecule has 1 amide bonds. The smallest absolute Gasteiger partial charge is 0.407 e. The lowest BCUT2D eigenvalue weighted by Gasteiger charge is -2.34. The van der Waals surface area contributed by atoms with E-state index in [-0.39, 0.29) is 11.7 Å². The Balaban J connectivity index is 1.21. The highest BCUT2D eigenvalue weighted by Gasteiger charge is 2.43. The Kier molecular flexibility index (Phi) is 4.63. The third-order valence-electron chi connectivity index (χ3n) is 5.68. The highest BCUT2D eigenvalue weighted by Crippen LogP contribution is 2.36. The summed E-state index contributed by atoms with van der Waals surface area (Å²) in [6, 6.07) is 3.83. The lowest BCUT2D eigenvalue weighted by molar-refractivity contribution is 0.0148. The number of nitrogens with zero attached hydrogens (tertiary/aromatic N) is 2. The Morgan fingerprint density at radius 1 is 1.20 bits per heavy atom. The molecule has 0 unspecified atom stereocenters. The van der Waals surface area contributed by atoms with Gasteiger partial charge in [0.15, 0.2) is 0 Å². The number of hydrogen-bond acceptors (Lipinski definition) is 6. The normalized spacial score (nSPS) is 29.4. The molecule has 3 aliphatic rings. The summed E-state index contributed by atoms with van der Waals surface area (Å²) in [5.74, 6) is 1.97. The molecule has 0 aromatic carbocycles. The molecule has 4 rings (SSSR count). The number of rotatable bonds is 5. The van der Waals surface area contributed by atoms with E-state index in [2.05, 4.69) is 20.8 Å². The average Bonchev–Trinajstić information content (AvgIpc) is 3.26. The van der Waals surface area contributed by atoms with E-state index in [4.69, 9.17) is 9.47 Å². The van der Waals surface area contributed by atoms with Crippen LogP contribution < -0.4 is 15.4 Å². The molecule has 2 heterocycles. The zero-order valence-corrected chi connectivity index (χ0v) is 14.5. The second kappa shape index (κ2) is 7.06. The van der Waals surface area contributed by atoms with E-state index in [0.717, 1.165) is 50.9 Å². The molecule has 1 spiro atoms. The van der Waals surface area contributed by atoms with E-state index < -0.39 is 0 Å². The summed E-state index contributed by atoms with van der Waals surface area (Å²) >= 11 is 0. The number of amides is 1. The van der Waals surface area contributed by atoms with Crippen LogP contribution in [-0.4, -0.2) is 41.1 Å². The number of hydrogen-bond donors (Lipinski definition) is 2. The quantitative estimate of drug-likeness (QED) is 0.853. The molecule has 3 fully saturated rings. The molecule has 2 saturated carbocycles. The first kappa shape index (κ1) is 16.4. The van der Waals surface area contributed by atoms with Crippen molar-refractivity contribution < 1.29 is 14.3 Å². The van der Waals surface area contributed by atoms with E-state index in [9.17, 15) is 4.79 Å². The molecular formula is C18H26N4O3. The van der Waals surface area contributed by atoms with Crippen molar-refractivity contribution in [3.05, 3.63) is 12.1 Å². The summed E-state index contributed by atoms with van der Waals surface area (Å²) in [5.41, 5.74) is -0.257. The molecule has 1 saturated heterocycles. The summed E-state index contributed by atoms with van der Waals surface area (Å²) < 4.78 is 11.3. The van der Waals surface area contributed by atoms with E-state index in [1.807, 2.05) is 12.1 Å². The van der Waals surface area contributed by atoms with Crippen LogP contribution in [0.2, 0.25) is 0 Å². The fourth-order valence-corrected chi connectivity index (χ4v) is 4.09. The zero-order valence-electron chi connectivity index (χ0n) is 14.5. The van der Waals surface area contributed by atoms with Gasteiger partial charge in [-0.05, 0) is 63.4 Å². The first-order chi connectivity index (χ1) is 12.2. The summed E-state index contributed by atoms with van der Waals surface area (Å²) in [4.78, 5) is 11.3. The molecule has 2 aliphatic carbocycles. The zero-order chi connectivity index (χ0) is 17.1. The monoisotopic (exact) mass is 346 g/mol. The van der Waals surface area contributed by atoms with Crippen LogP contribution in [0.15, 0.2) is 12.1 Å². The van der Waals surface area contributed by atoms with E-state index in [1.165, 1.54) is 12.8 Å². The fourth-order valence-electron chi connectivity index (χ4n) is 4.09. The summed E-state index contributed by atoms with van der Waals surface area (Å²) in [5, 5.41) is 14.5. The molecule has 2 N–H and O–H groups in total. The van der Waals surface area contributed by atoms with Gasteiger partial charge in [0.2, 0.25) is 5.88 Å². The summed E-state index contributed by atoms with van der Waals surface area (Å²) in [7, 11) is 0. The van der Waals surface area contributed by atoms with Gasteiger partial charge in [0.25, 0.3) is 0 Å². The van der Waals surface area contributed by atoms with Crippen LogP contribution in [0.4, 0.5) is 10.6 Å². The average molecular weight is 346 g/mol. The molecule has 7 nitrogen and oxygen atoms in total. The van der Waals surface area contributed by atoms with Crippen molar-refractivity contribution in [1.29, 1.82) is 0 Å². The third-order valence-corrected chi connectivity index (χ3v) is 5.68. The summed E-state index contributed by atoms with van der Waals surface area (Å²) in [6.07, 6.45) is 8.73. The lowest BCUT2D eigenvalue weighted by atomic mass is 9.79. The van der Waals surface area contributed by atoms with Gasteiger partial charge in [-0.3, -0.25) is 0 Å². The maximum Gasteiger partial charge on any atom is 0.407 e. The van der Waals surface area contributed by atoms with Gasteiger partial charge < -0.3 is 20.1 Å². The van der Waals surface area contributed by atoms with Crippen molar-refractivity contribution in [2.75, 3.05) is 18.4 Å². The van der Waals surface area contributed by atoms with Gasteiger partial charge in [0.05, 0.1) is 6.54 Å². The highest BCUT2D eigenvalue weighted by molar-refractivity contribution is 5.70. The first-order valence-corrected chi connectivity index (χ1v) is 9.42. The molecule has 1 aromatic rings. The van der Waals surface area contributed by atoms with Crippen LogP contribution in [0, 0.1) is 5.92 Å². The largest absolute Gasteiger partial charge is 0.473 e. The Hall–Kier alpha value is -2.05. The lowest BCUT2D eigenvalue weighted by Crippen LogP contribution is -2.39. The van der Waals surface area contributed by atoms with Crippen molar-refractivity contribution in [2.24, 2.45) is 5.92 Å². The number of carbonyl (C=O) groups excluding carboxylic acids is 1. The van der Waals surface area contributed by atoms with Crippen molar-refractivity contribution in [3.8, 4) is 5.88 Å². The molecule has 25 heavy (non-hydrogen) atoms. The standard InChI is InChI=1S/C18H26N4O3/c23-17-20-12-18(25-17)9-7-13(8-10-18)11-19-15-5-6-16(22-21-15)24-14-3-1-2-4-14/h5-6,13-14H,1-4,7-12H2,(H,19,21)(H,20,23). The third kappa shape index (κ3) is 3.96. The topological polar surface area (TPSA) is 85.4 Å². The van der Waals surface area contributed by atoms with E-state index in [0.29, 0.717) is 24.4 Å². The number of alkyl carbamates (subject to hydrolysis) is 1. The first-order valence-electron chi connectivity index (χ1n) is 9.42. The van der Waals surface area contributed by atoms with Gasteiger partial charge >= 0.3 is 6.09 Å². The molecular weight excluding hydrogens is 320 g/mol. The summed E-state index contributed by atoms with van der Waals surface area (Å²) in [6.45, 7) is 1.52. The van der Waals surface area contributed by atoms with Gasteiger partial charge in [-0.1, -0.05) is 0 Å². The molecule has 7 heteroatoms. The number of aromatic nitrogens is 2. The van der Waals surface area contributed by atoms with Gasteiger partial charge in [-0.2, -0.15) is 0 Å². The maximum atomic E-state index is 11.3. The number of nitrogens with one attached hydrogen (secondary N) is 2. The number of anilines is 1. The second-order valence-corrected chi connectivity index (χ2v) is 7.53. The van der Waals surface area contributed by atoms with E-state index >= 15 is 0 Å². The second-order valence-electron chi connectivity index (χ2n) is 7.53. The Labute approximate surface area is 147 Å². The van der Waals surface area contributed by atoms with Crippen LogP contribution in [0.25, 0.3) is 0 Å².